The van der Waals surface area contributed by atoms with Crippen molar-refractivity contribution >= 4 is 50.7 Å². The van der Waals surface area contributed by atoms with Crippen LogP contribution in [0, 0.1) is 0 Å². The molecule has 0 bridgehead atoms. The molecule has 0 fully saturated rings. The average Bonchev–Trinajstić information content (AvgIpc) is 3.64. The van der Waals surface area contributed by atoms with E-state index in [-0.39, 0.29) is 18.0 Å². The molecule has 2 aromatic heterocycles. The first-order valence-electron chi connectivity index (χ1n) is 12.1. The smallest absolute Gasteiger partial charge is 0.409 e. The molecule has 2 aromatic carbocycles. The number of hydrogen-bond acceptors (Lipinski definition) is 8. The largest absolute Gasteiger partial charge is 0.453 e. The summed E-state index contributed by atoms with van der Waals surface area (Å²) in [6.45, 7) is 0. The topological polar surface area (TPSA) is 138 Å². The molecule has 2 atom stereocenters. The summed E-state index contributed by atoms with van der Waals surface area (Å²) in [7, 11) is -1.62. The van der Waals surface area contributed by atoms with E-state index in [0.717, 1.165) is 21.0 Å². The van der Waals surface area contributed by atoms with Crippen molar-refractivity contribution in [2.45, 2.75) is 24.9 Å². The predicted molar refractivity (Wildman–Crippen MR) is 156 cm³/mol. The summed E-state index contributed by atoms with van der Waals surface area (Å²) in [4.78, 5) is 33.2. The Morgan fingerprint density at radius 2 is 1.70 bits per heavy atom. The van der Waals surface area contributed by atoms with Crippen LogP contribution >= 0.6 is 22.7 Å². The second-order valence-corrected chi connectivity index (χ2v) is 11.8. The molecule has 210 valence electrons. The molecule has 3 N–H and O–H groups in total. The van der Waals surface area contributed by atoms with Crippen molar-refractivity contribution in [3.8, 4) is 9.88 Å². The summed E-state index contributed by atoms with van der Waals surface area (Å²) in [5, 5.41) is 7.77. The van der Waals surface area contributed by atoms with Gasteiger partial charge in [-0.15, -0.1) is 22.7 Å². The van der Waals surface area contributed by atoms with Crippen LogP contribution in [0.25, 0.3) is 9.88 Å². The van der Waals surface area contributed by atoms with Crippen LogP contribution in [0.1, 0.15) is 22.9 Å². The van der Waals surface area contributed by atoms with Crippen molar-refractivity contribution in [1.82, 2.24) is 15.2 Å². The lowest BCUT2D eigenvalue weighted by Crippen LogP contribution is -2.50. The molecule has 10 nitrogen and oxygen atoms in total. The van der Waals surface area contributed by atoms with E-state index in [1.165, 1.54) is 42.5 Å². The molecule has 4 aromatic rings. The van der Waals surface area contributed by atoms with Crippen LogP contribution in [0.5, 0.6) is 0 Å². The number of carbonyl (C=O) groups is 2. The minimum Gasteiger partial charge on any atom is -0.453 e. The van der Waals surface area contributed by atoms with Gasteiger partial charge in [0.25, 0.3) is 0 Å². The Hall–Kier alpha value is -3.78. The zero-order valence-electron chi connectivity index (χ0n) is 21.7. The molecule has 0 aliphatic rings. The Bertz CT molecular complexity index is 1520. The van der Waals surface area contributed by atoms with E-state index in [1.54, 1.807) is 23.5 Å². The normalized spacial score (nSPS) is 12.8. The van der Waals surface area contributed by atoms with Crippen LogP contribution in [-0.2, 0) is 32.7 Å². The van der Waals surface area contributed by atoms with Crippen molar-refractivity contribution in [2.24, 2.45) is 0 Å². The van der Waals surface area contributed by atoms with Gasteiger partial charge in [-0.25, -0.2) is 9.78 Å². The summed E-state index contributed by atoms with van der Waals surface area (Å²) >= 11 is 3.03. The van der Waals surface area contributed by atoms with Gasteiger partial charge in [0.15, 0.2) is 0 Å². The maximum atomic E-state index is 13.7. The van der Waals surface area contributed by atoms with Gasteiger partial charge in [-0.05, 0) is 41.1 Å². The van der Waals surface area contributed by atoms with Crippen molar-refractivity contribution in [1.29, 1.82) is 0 Å². The summed E-state index contributed by atoms with van der Waals surface area (Å²) < 4.78 is 38.2. The fraction of sp³-hybridized carbons (Fsp3) is 0.222. The van der Waals surface area contributed by atoms with Gasteiger partial charge in [0.2, 0.25) is 5.91 Å². The van der Waals surface area contributed by atoms with Gasteiger partial charge in [-0.2, -0.15) is 8.42 Å². The van der Waals surface area contributed by atoms with E-state index in [9.17, 15) is 18.0 Å². The van der Waals surface area contributed by atoms with E-state index < -0.39 is 28.5 Å². The summed E-state index contributed by atoms with van der Waals surface area (Å²) in [5.74, 6) is -0.378. The Balaban J connectivity index is 1.62. The van der Waals surface area contributed by atoms with Crippen LogP contribution in [0.4, 0.5) is 10.5 Å². The molecule has 0 radical (unpaired) electrons. The van der Waals surface area contributed by atoms with Crippen LogP contribution in [-0.4, -0.2) is 55.1 Å². The molecule has 40 heavy (non-hydrogen) atoms. The molecule has 1 unspecified atom stereocenters. The number of likely N-dealkylation sites (N-methyl/N-ethyl adjacent to an activating group) is 1. The number of aromatic nitrogens is 1. The number of thiazole rings is 1. The van der Waals surface area contributed by atoms with Crippen LogP contribution in [0.15, 0.2) is 77.5 Å². The van der Waals surface area contributed by atoms with Crippen molar-refractivity contribution in [2.75, 3.05) is 18.9 Å². The van der Waals surface area contributed by atoms with Gasteiger partial charge in [-0.3, -0.25) is 19.0 Å². The first-order chi connectivity index (χ1) is 19.1. The second-order valence-electron chi connectivity index (χ2n) is 8.88. The quantitative estimate of drug-likeness (QED) is 0.210. The first kappa shape index (κ1) is 29.2. The third-order valence-electron chi connectivity index (χ3n) is 6.07. The fourth-order valence-corrected chi connectivity index (χ4v) is 6.19. The zero-order chi connectivity index (χ0) is 28.7. The Labute approximate surface area is 240 Å². The van der Waals surface area contributed by atoms with Gasteiger partial charge in [0, 0.05) is 18.8 Å². The number of ether oxygens (including phenoxy) is 1. The van der Waals surface area contributed by atoms with Crippen LogP contribution in [0.3, 0.4) is 0 Å². The molecule has 0 aliphatic heterocycles. The molecule has 0 saturated heterocycles. The first-order valence-corrected chi connectivity index (χ1v) is 15.3. The summed E-state index contributed by atoms with van der Waals surface area (Å²) in [6, 6.07) is 18.3. The molecule has 2 heterocycles. The van der Waals surface area contributed by atoms with Gasteiger partial charge in [-0.1, -0.05) is 48.5 Å². The molecule has 0 saturated carbocycles. The Morgan fingerprint density at radius 3 is 2.33 bits per heavy atom. The molecule has 2 amide bonds. The standard InChI is InChI=1S/C27H28N4O6S3/c1-31(27(33)37-2)23(16-18-7-4-3-5-8-18)25(32)28-21(22-17-39-26(29-22)24-9-6-14-38-24)15-19-10-12-20(13-11-19)30-40(34,35)36/h3-14,17,21,23,30H,15-16H2,1-2H3,(H,28,32)(H,34,35,36)/t21?,23-/m0/s1. The van der Waals surface area contributed by atoms with Gasteiger partial charge < -0.3 is 10.1 Å². The molecule has 0 spiro atoms. The number of amides is 2. The highest BCUT2D eigenvalue weighted by Gasteiger charge is 2.30. The number of carbonyl (C=O) groups excluding carboxylic acids is 2. The number of methoxy groups -OCH3 is 1. The van der Waals surface area contributed by atoms with E-state index in [2.05, 4.69) is 5.32 Å². The number of benzene rings is 2. The third-order valence-corrected chi connectivity index (χ3v) is 8.47. The van der Waals surface area contributed by atoms with Gasteiger partial charge >= 0.3 is 16.4 Å². The zero-order valence-corrected chi connectivity index (χ0v) is 24.1. The number of nitrogens with one attached hydrogen (secondary N) is 2. The van der Waals surface area contributed by atoms with Crippen LogP contribution in [0.2, 0.25) is 0 Å². The van der Waals surface area contributed by atoms with Gasteiger partial charge in [0.05, 0.1) is 29.4 Å². The molecular weight excluding hydrogens is 573 g/mol. The second kappa shape index (κ2) is 13.0. The number of anilines is 1. The monoisotopic (exact) mass is 600 g/mol. The van der Waals surface area contributed by atoms with E-state index in [4.69, 9.17) is 14.3 Å². The highest BCUT2D eigenvalue weighted by atomic mass is 32.2. The minimum atomic E-state index is -4.40. The highest BCUT2D eigenvalue weighted by Crippen LogP contribution is 2.31. The van der Waals surface area contributed by atoms with Crippen molar-refractivity contribution in [3.63, 3.8) is 0 Å². The maximum absolute atomic E-state index is 13.7. The van der Waals surface area contributed by atoms with E-state index >= 15 is 0 Å². The molecule has 4 rings (SSSR count). The Morgan fingerprint density at radius 1 is 1.00 bits per heavy atom. The number of thiophene rings is 1. The lowest BCUT2D eigenvalue weighted by atomic mass is 10.0. The van der Waals surface area contributed by atoms with E-state index in [0.29, 0.717) is 12.1 Å². The number of hydrogen-bond donors (Lipinski definition) is 3. The number of rotatable bonds is 11. The Kier molecular flexibility index (Phi) is 9.53. The molecule has 13 heteroatoms. The minimum absolute atomic E-state index is 0.197. The average molecular weight is 601 g/mol. The van der Waals surface area contributed by atoms with Gasteiger partial charge in [0.1, 0.15) is 11.0 Å². The summed E-state index contributed by atoms with van der Waals surface area (Å²) in [5.41, 5.74) is 2.52. The lowest BCUT2D eigenvalue weighted by molar-refractivity contribution is -0.126. The predicted octanol–water partition coefficient (Wildman–Crippen LogP) is 4.80. The lowest BCUT2D eigenvalue weighted by Gasteiger charge is -2.28. The van der Waals surface area contributed by atoms with Crippen LogP contribution < -0.4 is 10.0 Å². The van der Waals surface area contributed by atoms with E-state index in [1.807, 2.05) is 57.9 Å². The third kappa shape index (κ3) is 7.88. The fourth-order valence-electron chi connectivity index (χ4n) is 4.06. The van der Waals surface area contributed by atoms with Crippen molar-refractivity contribution in [3.05, 3.63) is 94.3 Å². The van der Waals surface area contributed by atoms with Crippen molar-refractivity contribution < 1.29 is 27.3 Å². The number of nitrogens with zero attached hydrogens (tertiary/aromatic N) is 2. The molecule has 0 aliphatic carbocycles. The summed E-state index contributed by atoms with van der Waals surface area (Å²) in [6.07, 6.45) is -0.0208. The highest BCUT2D eigenvalue weighted by molar-refractivity contribution is 7.87. The molecular formula is C27H28N4O6S3. The SMILES string of the molecule is COC(=O)N(C)[C@@H](Cc1ccccc1)C(=O)NC(Cc1ccc(NS(=O)(=O)O)cc1)c1csc(-c2cccs2)n1. The maximum Gasteiger partial charge on any atom is 0.409 e.